The lowest BCUT2D eigenvalue weighted by Crippen LogP contribution is -2.27. The monoisotopic (exact) mass is 263 g/mol. The summed E-state index contributed by atoms with van der Waals surface area (Å²) in [7, 11) is 0. The van der Waals surface area contributed by atoms with E-state index < -0.39 is 0 Å². The highest BCUT2D eigenvalue weighted by Gasteiger charge is 2.20. The van der Waals surface area contributed by atoms with Gasteiger partial charge in [-0.15, -0.1) is 0 Å². The van der Waals surface area contributed by atoms with E-state index in [2.05, 4.69) is 10.3 Å². The number of amides is 1. The van der Waals surface area contributed by atoms with E-state index in [1.807, 2.05) is 6.92 Å². The van der Waals surface area contributed by atoms with Crippen LogP contribution >= 0.6 is 0 Å². The third kappa shape index (κ3) is 4.52. The number of rotatable bonds is 7. The minimum atomic E-state index is -0.126. The first-order chi connectivity index (χ1) is 9.19. The first kappa shape index (κ1) is 13.8. The molecule has 0 spiro atoms. The summed E-state index contributed by atoms with van der Waals surface area (Å²) in [5.41, 5.74) is 7.06. The van der Waals surface area contributed by atoms with Gasteiger partial charge >= 0.3 is 0 Å². The topological polar surface area (TPSA) is 77.2 Å². The van der Waals surface area contributed by atoms with Crippen LogP contribution in [0.2, 0.25) is 0 Å². The number of nitrogens with two attached hydrogens (primary N) is 1. The van der Waals surface area contributed by atoms with Gasteiger partial charge in [0.2, 0.25) is 0 Å². The van der Waals surface area contributed by atoms with Crippen molar-refractivity contribution >= 4 is 11.7 Å². The van der Waals surface area contributed by atoms with Crippen LogP contribution in [0.1, 0.15) is 35.8 Å². The molecule has 0 aromatic carbocycles. The number of nitrogens with zero attached hydrogens (tertiary/aromatic N) is 1. The second kappa shape index (κ2) is 6.52. The number of carbonyl (C=O) groups excluding carboxylic acids is 1. The molecule has 1 fully saturated rings. The van der Waals surface area contributed by atoms with Crippen molar-refractivity contribution in [2.75, 3.05) is 25.5 Å². The quantitative estimate of drug-likeness (QED) is 0.729. The first-order valence-corrected chi connectivity index (χ1v) is 6.81. The molecule has 1 heterocycles. The Bertz CT molecular complexity index is 444. The van der Waals surface area contributed by atoms with Gasteiger partial charge in [-0.05, 0) is 37.3 Å². The van der Waals surface area contributed by atoms with Crippen LogP contribution in [-0.2, 0) is 11.2 Å². The maximum Gasteiger partial charge on any atom is 0.251 e. The van der Waals surface area contributed by atoms with Crippen LogP contribution in [-0.4, -0.2) is 30.6 Å². The van der Waals surface area contributed by atoms with Gasteiger partial charge in [-0.2, -0.15) is 0 Å². The fraction of sp³-hybridized carbons (Fsp3) is 0.571. The molecule has 0 saturated heterocycles. The van der Waals surface area contributed by atoms with Crippen molar-refractivity contribution in [2.45, 2.75) is 26.2 Å². The van der Waals surface area contributed by atoms with Gasteiger partial charge in [-0.25, -0.2) is 4.98 Å². The normalized spacial score (nSPS) is 14.4. The molecule has 3 N–H and O–H groups in total. The van der Waals surface area contributed by atoms with Crippen LogP contribution in [0.25, 0.3) is 0 Å². The molecule has 0 atom stereocenters. The van der Waals surface area contributed by atoms with Gasteiger partial charge in [0.25, 0.3) is 5.91 Å². The molecule has 1 aliphatic rings. The lowest BCUT2D eigenvalue weighted by atomic mass is 10.2. The number of hydrogen-bond acceptors (Lipinski definition) is 4. The largest absolute Gasteiger partial charge is 0.384 e. The summed E-state index contributed by atoms with van der Waals surface area (Å²) in [6.07, 6.45) is 3.32. The van der Waals surface area contributed by atoms with Gasteiger partial charge < -0.3 is 15.8 Å². The number of hydrogen-bond donors (Lipinski definition) is 2. The number of pyridine rings is 1. The second-order valence-corrected chi connectivity index (χ2v) is 4.90. The Kier molecular flexibility index (Phi) is 4.74. The van der Waals surface area contributed by atoms with Crippen LogP contribution in [0.3, 0.4) is 0 Å². The van der Waals surface area contributed by atoms with Crippen molar-refractivity contribution in [3.63, 3.8) is 0 Å². The van der Waals surface area contributed by atoms with Crippen molar-refractivity contribution in [3.05, 3.63) is 23.4 Å². The molecule has 5 nitrogen and oxygen atoms in total. The number of nitrogen functional groups attached to an aromatic ring is 1. The molecule has 0 bridgehead atoms. The zero-order valence-electron chi connectivity index (χ0n) is 11.3. The highest BCUT2D eigenvalue weighted by atomic mass is 16.5. The van der Waals surface area contributed by atoms with E-state index in [4.69, 9.17) is 10.5 Å². The lowest BCUT2D eigenvalue weighted by Gasteiger charge is -2.07. The van der Waals surface area contributed by atoms with E-state index in [0.717, 1.165) is 24.6 Å². The Hall–Kier alpha value is -1.62. The maximum atomic E-state index is 11.9. The van der Waals surface area contributed by atoms with Gasteiger partial charge in [0.15, 0.2) is 0 Å². The van der Waals surface area contributed by atoms with Gasteiger partial charge in [0.1, 0.15) is 5.82 Å². The summed E-state index contributed by atoms with van der Waals surface area (Å²) in [6.45, 7) is 3.88. The summed E-state index contributed by atoms with van der Waals surface area (Å²) in [4.78, 5) is 16.1. The van der Waals surface area contributed by atoms with Crippen molar-refractivity contribution in [1.82, 2.24) is 10.3 Å². The molecule has 1 saturated carbocycles. The Morgan fingerprint density at radius 2 is 2.32 bits per heavy atom. The van der Waals surface area contributed by atoms with Crippen molar-refractivity contribution in [2.24, 2.45) is 5.92 Å². The first-order valence-electron chi connectivity index (χ1n) is 6.81. The molecular weight excluding hydrogens is 242 g/mol. The smallest absolute Gasteiger partial charge is 0.251 e. The van der Waals surface area contributed by atoms with Gasteiger partial charge in [0, 0.05) is 24.4 Å². The Morgan fingerprint density at radius 1 is 1.53 bits per heavy atom. The average molecular weight is 263 g/mol. The van der Waals surface area contributed by atoms with E-state index in [9.17, 15) is 4.79 Å². The number of anilines is 1. The maximum absolute atomic E-state index is 11.9. The number of nitrogens with one attached hydrogen (secondary N) is 1. The predicted molar refractivity (Wildman–Crippen MR) is 73.9 cm³/mol. The average Bonchev–Trinajstić information content (AvgIpc) is 3.21. The van der Waals surface area contributed by atoms with Crippen LogP contribution < -0.4 is 11.1 Å². The van der Waals surface area contributed by atoms with E-state index >= 15 is 0 Å². The standard InChI is InChI=1S/C14H21N3O2/c1-2-12-7-11(8-13(15)17-12)14(18)16-5-6-19-9-10-3-4-10/h7-8,10H,2-6,9H2,1H3,(H2,15,17)(H,16,18). The molecule has 5 heteroatoms. The minimum Gasteiger partial charge on any atom is -0.384 e. The van der Waals surface area contributed by atoms with E-state index in [1.54, 1.807) is 12.1 Å². The molecule has 1 amide bonds. The molecule has 0 aliphatic heterocycles. The molecule has 0 unspecified atom stereocenters. The number of aryl methyl sites for hydroxylation is 1. The van der Waals surface area contributed by atoms with Crippen LogP contribution in [0.4, 0.5) is 5.82 Å². The number of carbonyl (C=O) groups is 1. The van der Waals surface area contributed by atoms with E-state index in [1.165, 1.54) is 12.8 Å². The molecule has 19 heavy (non-hydrogen) atoms. The van der Waals surface area contributed by atoms with Crippen molar-refractivity contribution in [3.8, 4) is 0 Å². The second-order valence-electron chi connectivity index (χ2n) is 4.90. The van der Waals surface area contributed by atoms with Gasteiger partial charge in [0.05, 0.1) is 6.61 Å². The van der Waals surface area contributed by atoms with Crippen LogP contribution in [0.5, 0.6) is 0 Å². The molecule has 104 valence electrons. The minimum absolute atomic E-state index is 0.126. The third-order valence-corrected chi connectivity index (χ3v) is 3.11. The zero-order valence-corrected chi connectivity index (χ0v) is 11.3. The molecule has 1 aliphatic carbocycles. The predicted octanol–water partition coefficient (Wildman–Crippen LogP) is 1.38. The van der Waals surface area contributed by atoms with Gasteiger partial charge in [-0.1, -0.05) is 6.92 Å². The molecule has 1 aromatic heterocycles. The molecule has 2 rings (SSSR count). The van der Waals surface area contributed by atoms with E-state index in [0.29, 0.717) is 24.5 Å². The summed E-state index contributed by atoms with van der Waals surface area (Å²) < 4.78 is 5.46. The van der Waals surface area contributed by atoms with Crippen molar-refractivity contribution < 1.29 is 9.53 Å². The highest BCUT2D eigenvalue weighted by Crippen LogP contribution is 2.28. The SMILES string of the molecule is CCc1cc(C(=O)NCCOCC2CC2)cc(N)n1. The van der Waals surface area contributed by atoms with Crippen molar-refractivity contribution in [1.29, 1.82) is 0 Å². The fourth-order valence-corrected chi connectivity index (χ4v) is 1.80. The Morgan fingerprint density at radius 3 is 3.00 bits per heavy atom. The summed E-state index contributed by atoms with van der Waals surface area (Å²) in [5.74, 6) is 1.01. The van der Waals surface area contributed by atoms with Gasteiger partial charge in [-0.3, -0.25) is 4.79 Å². The van der Waals surface area contributed by atoms with Crippen LogP contribution in [0, 0.1) is 5.92 Å². The Balaban J connectivity index is 1.76. The number of ether oxygens (including phenoxy) is 1. The highest BCUT2D eigenvalue weighted by molar-refractivity contribution is 5.94. The zero-order chi connectivity index (χ0) is 13.7. The number of aromatic nitrogens is 1. The summed E-state index contributed by atoms with van der Waals surface area (Å²) in [6, 6.07) is 3.37. The molecule has 1 aromatic rings. The lowest BCUT2D eigenvalue weighted by molar-refractivity contribution is 0.0906. The Labute approximate surface area is 113 Å². The van der Waals surface area contributed by atoms with Crippen LogP contribution in [0.15, 0.2) is 12.1 Å². The third-order valence-electron chi connectivity index (χ3n) is 3.11. The molecular formula is C14H21N3O2. The molecule has 0 radical (unpaired) electrons. The van der Waals surface area contributed by atoms with E-state index in [-0.39, 0.29) is 5.91 Å². The summed E-state index contributed by atoms with van der Waals surface area (Å²) >= 11 is 0. The fourth-order valence-electron chi connectivity index (χ4n) is 1.80. The summed E-state index contributed by atoms with van der Waals surface area (Å²) in [5, 5.41) is 2.82.